The fraction of sp³-hybridized carbons (Fsp3) is 0.286. The molecule has 1 aliphatic rings. The van der Waals surface area contributed by atoms with E-state index in [1.807, 2.05) is 4.90 Å². The van der Waals surface area contributed by atoms with E-state index in [4.69, 9.17) is 17.2 Å². The second-order valence-electron chi connectivity index (χ2n) is 7.82. The normalized spacial score (nSPS) is 16.4. The summed E-state index contributed by atoms with van der Waals surface area (Å²) in [5, 5.41) is 2.71. The van der Waals surface area contributed by atoms with E-state index in [1.54, 1.807) is 12.3 Å². The maximum atomic E-state index is 13.5. The molecule has 0 saturated carbocycles. The molecule has 0 aromatic carbocycles. The molecule has 1 unspecified atom stereocenters. The van der Waals surface area contributed by atoms with Gasteiger partial charge in [-0.1, -0.05) is 0 Å². The lowest BCUT2D eigenvalue weighted by Crippen LogP contribution is -2.43. The molecule has 34 heavy (non-hydrogen) atoms. The number of nitrogen functional groups attached to an aromatic ring is 2. The molecule has 0 aliphatic carbocycles. The Morgan fingerprint density at radius 1 is 1.15 bits per heavy atom. The molecule has 1 atom stereocenters. The van der Waals surface area contributed by atoms with Crippen molar-refractivity contribution in [1.82, 2.24) is 19.9 Å². The lowest BCUT2D eigenvalue weighted by Gasteiger charge is -2.33. The van der Waals surface area contributed by atoms with Gasteiger partial charge in [0.05, 0.1) is 29.0 Å². The Balaban J connectivity index is 1.67. The molecule has 0 spiro atoms. The van der Waals surface area contributed by atoms with Crippen LogP contribution >= 0.6 is 0 Å². The highest BCUT2D eigenvalue weighted by molar-refractivity contribution is 6.08. The number of hydrogen-bond donors (Lipinski definition) is 4. The van der Waals surface area contributed by atoms with Gasteiger partial charge in [0, 0.05) is 37.1 Å². The molecule has 13 heteroatoms. The first-order valence-electron chi connectivity index (χ1n) is 10.4. The number of nitrogens with one attached hydrogen (secondary N) is 1. The first-order chi connectivity index (χ1) is 16.1. The van der Waals surface area contributed by atoms with Gasteiger partial charge in [-0.2, -0.15) is 13.2 Å². The number of hydrogen-bond acceptors (Lipinski definition) is 9. The van der Waals surface area contributed by atoms with Crippen LogP contribution in [0.1, 0.15) is 29.0 Å². The van der Waals surface area contributed by atoms with Crippen LogP contribution in [0, 0.1) is 0 Å². The smallest absolute Gasteiger partial charge is 0.397 e. The minimum absolute atomic E-state index is 0.00409. The number of alkyl halides is 3. The summed E-state index contributed by atoms with van der Waals surface area (Å²) in [6, 6.07) is 4.30. The monoisotopic (exact) mass is 473 g/mol. The molecule has 0 radical (unpaired) electrons. The molecule has 4 heterocycles. The third kappa shape index (κ3) is 4.83. The molecule has 1 saturated heterocycles. The van der Waals surface area contributed by atoms with Gasteiger partial charge >= 0.3 is 6.18 Å². The second-order valence-corrected chi connectivity index (χ2v) is 7.82. The highest BCUT2D eigenvalue weighted by Crippen LogP contribution is 2.35. The van der Waals surface area contributed by atoms with Crippen molar-refractivity contribution >= 4 is 28.9 Å². The van der Waals surface area contributed by atoms with E-state index in [0.29, 0.717) is 12.2 Å². The number of anilines is 4. The van der Waals surface area contributed by atoms with E-state index in [2.05, 4.69) is 25.3 Å². The van der Waals surface area contributed by atoms with Crippen molar-refractivity contribution in [1.29, 1.82) is 0 Å². The van der Waals surface area contributed by atoms with Crippen molar-refractivity contribution in [2.24, 2.45) is 5.73 Å². The van der Waals surface area contributed by atoms with Crippen LogP contribution in [-0.4, -0.2) is 45.0 Å². The molecule has 3 aromatic heterocycles. The van der Waals surface area contributed by atoms with Crippen molar-refractivity contribution in [3.8, 4) is 11.3 Å². The van der Waals surface area contributed by atoms with Gasteiger partial charge in [-0.15, -0.1) is 0 Å². The maximum Gasteiger partial charge on any atom is 0.434 e. The molecule has 1 aliphatic heterocycles. The van der Waals surface area contributed by atoms with Gasteiger partial charge in [-0.3, -0.25) is 9.78 Å². The zero-order valence-corrected chi connectivity index (χ0v) is 17.9. The highest BCUT2D eigenvalue weighted by Gasteiger charge is 2.37. The maximum absolute atomic E-state index is 13.5. The lowest BCUT2D eigenvalue weighted by molar-refractivity contribution is -0.140. The Kier molecular flexibility index (Phi) is 6.20. The summed E-state index contributed by atoms with van der Waals surface area (Å²) in [4.78, 5) is 30.2. The number of nitrogens with zero attached hydrogens (tertiary/aromatic N) is 5. The van der Waals surface area contributed by atoms with Crippen LogP contribution in [0.25, 0.3) is 11.3 Å². The third-order valence-corrected chi connectivity index (χ3v) is 5.34. The quantitative estimate of drug-likeness (QED) is 0.445. The first-order valence-corrected chi connectivity index (χ1v) is 10.4. The Labute approximate surface area is 192 Å². The van der Waals surface area contributed by atoms with Gasteiger partial charge in [0.25, 0.3) is 5.91 Å². The molecule has 3 aromatic rings. The molecule has 0 bridgehead atoms. The number of carbonyl (C=O) groups excluding carboxylic acids is 1. The van der Waals surface area contributed by atoms with E-state index in [9.17, 15) is 18.0 Å². The predicted octanol–water partition coefficient (Wildman–Crippen LogP) is 2.30. The number of nitrogens with two attached hydrogens (primary N) is 3. The molecular formula is C21H22F3N9O. The number of amides is 1. The fourth-order valence-electron chi connectivity index (χ4n) is 3.77. The molecule has 10 nitrogen and oxygen atoms in total. The van der Waals surface area contributed by atoms with E-state index in [0.717, 1.165) is 31.3 Å². The number of rotatable bonds is 4. The Morgan fingerprint density at radius 3 is 2.68 bits per heavy atom. The molecule has 178 valence electrons. The van der Waals surface area contributed by atoms with E-state index < -0.39 is 29.3 Å². The zero-order valence-electron chi connectivity index (χ0n) is 17.9. The number of pyridine rings is 2. The van der Waals surface area contributed by atoms with Gasteiger partial charge in [-0.05, 0) is 31.0 Å². The van der Waals surface area contributed by atoms with Crippen LogP contribution < -0.4 is 27.4 Å². The summed E-state index contributed by atoms with van der Waals surface area (Å²) < 4.78 is 40.5. The summed E-state index contributed by atoms with van der Waals surface area (Å²) in [5.41, 5.74) is 16.3. The summed E-state index contributed by atoms with van der Waals surface area (Å²) in [6.45, 7) is 1.37. The number of carbonyl (C=O) groups is 1. The highest BCUT2D eigenvalue weighted by atomic mass is 19.4. The van der Waals surface area contributed by atoms with Crippen molar-refractivity contribution in [2.45, 2.75) is 25.1 Å². The molecule has 7 N–H and O–H groups in total. The minimum Gasteiger partial charge on any atom is -0.397 e. The fourth-order valence-corrected chi connectivity index (χ4v) is 3.77. The van der Waals surface area contributed by atoms with Crippen molar-refractivity contribution in [2.75, 3.05) is 34.8 Å². The standard InChI is InChI=1S/C21H22F3N9O/c22-21(23,24)18-12(8-29-20(27)32-18)14-4-3-13(26)17(30-14)19(34)31-15-9-28-6-5-16(15)33-7-1-2-11(25)10-33/h3-6,8-9,11H,1-2,7,10,25-26H2,(H,31,34)(H2,27,29,32). The zero-order chi connectivity index (χ0) is 24.5. The van der Waals surface area contributed by atoms with Crippen LogP contribution in [0.15, 0.2) is 36.8 Å². The predicted molar refractivity (Wildman–Crippen MR) is 121 cm³/mol. The van der Waals surface area contributed by atoms with Crippen LogP contribution in [0.2, 0.25) is 0 Å². The summed E-state index contributed by atoms with van der Waals surface area (Å²) >= 11 is 0. The number of halogens is 3. The average molecular weight is 473 g/mol. The lowest BCUT2D eigenvalue weighted by atomic mass is 10.1. The Hall–Kier alpha value is -4.00. The Bertz CT molecular complexity index is 1220. The summed E-state index contributed by atoms with van der Waals surface area (Å²) in [7, 11) is 0. The van der Waals surface area contributed by atoms with Crippen molar-refractivity contribution in [3.63, 3.8) is 0 Å². The third-order valence-electron chi connectivity index (χ3n) is 5.34. The molecular weight excluding hydrogens is 451 g/mol. The van der Waals surface area contributed by atoms with E-state index >= 15 is 0 Å². The summed E-state index contributed by atoms with van der Waals surface area (Å²) in [5.74, 6) is -1.24. The largest absolute Gasteiger partial charge is 0.434 e. The van der Waals surface area contributed by atoms with Gasteiger partial charge in [-0.25, -0.2) is 15.0 Å². The minimum atomic E-state index is -4.81. The topological polar surface area (TPSA) is 162 Å². The van der Waals surface area contributed by atoms with Gasteiger partial charge in [0.2, 0.25) is 5.95 Å². The van der Waals surface area contributed by atoms with Crippen LogP contribution in [0.4, 0.5) is 36.2 Å². The van der Waals surface area contributed by atoms with Gasteiger partial charge in [0.15, 0.2) is 11.4 Å². The second kappa shape index (κ2) is 9.09. The van der Waals surface area contributed by atoms with Crippen LogP contribution in [-0.2, 0) is 6.18 Å². The number of piperidine rings is 1. The SMILES string of the molecule is Nc1ncc(-c2ccc(N)c(C(=O)Nc3cnccc3N3CCCC(N)C3)n2)c(C(F)(F)F)n1. The molecule has 1 amide bonds. The van der Waals surface area contributed by atoms with Crippen LogP contribution in [0.3, 0.4) is 0 Å². The molecule has 4 rings (SSSR count). The first kappa shape index (κ1) is 23.2. The molecule has 1 fully saturated rings. The van der Waals surface area contributed by atoms with Crippen molar-refractivity contribution in [3.05, 3.63) is 48.2 Å². The van der Waals surface area contributed by atoms with Gasteiger partial charge in [0.1, 0.15) is 0 Å². The summed E-state index contributed by atoms with van der Waals surface area (Å²) in [6.07, 6.45) is 0.979. The van der Waals surface area contributed by atoms with Gasteiger partial charge < -0.3 is 27.4 Å². The van der Waals surface area contributed by atoms with E-state index in [1.165, 1.54) is 18.3 Å². The van der Waals surface area contributed by atoms with Crippen LogP contribution in [0.5, 0.6) is 0 Å². The van der Waals surface area contributed by atoms with E-state index in [-0.39, 0.29) is 23.1 Å². The Morgan fingerprint density at radius 2 is 1.94 bits per heavy atom. The average Bonchev–Trinajstić information content (AvgIpc) is 2.79. The van der Waals surface area contributed by atoms with Crippen molar-refractivity contribution < 1.29 is 18.0 Å². The number of aromatic nitrogens is 4.